The van der Waals surface area contributed by atoms with Crippen LogP contribution in [0.3, 0.4) is 0 Å². The van der Waals surface area contributed by atoms with Crippen LogP contribution in [0.15, 0.2) is 54.6 Å². The van der Waals surface area contributed by atoms with E-state index in [1.54, 1.807) is 0 Å². The van der Waals surface area contributed by atoms with Crippen molar-refractivity contribution in [2.24, 2.45) is 11.8 Å². The Balaban J connectivity index is 1.21. The van der Waals surface area contributed by atoms with Gasteiger partial charge in [-0.1, -0.05) is 61.4 Å². The van der Waals surface area contributed by atoms with Gasteiger partial charge < -0.3 is 15.1 Å². The summed E-state index contributed by atoms with van der Waals surface area (Å²) in [5.41, 5.74) is 3.66. The molecule has 3 aliphatic heterocycles. The number of amides is 2. The summed E-state index contributed by atoms with van der Waals surface area (Å²) in [7, 11) is 0. The van der Waals surface area contributed by atoms with E-state index >= 15 is 0 Å². The third kappa shape index (κ3) is 5.26. The molecule has 196 valence electrons. The maximum atomic E-state index is 13.9. The van der Waals surface area contributed by atoms with E-state index in [4.69, 9.17) is 0 Å². The summed E-state index contributed by atoms with van der Waals surface area (Å²) >= 11 is 0. The van der Waals surface area contributed by atoms with E-state index in [-0.39, 0.29) is 23.7 Å². The highest BCUT2D eigenvalue weighted by Crippen LogP contribution is 2.33. The molecule has 2 aromatic rings. The molecule has 3 fully saturated rings. The van der Waals surface area contributed by atoms with Crippen LogP contribution in [0, 0.1) is 11.8 Å². The maximum absolute atomic E-state index is 13.9. The monoisotopic (exact) mass is 500 g/mol. The fraction of sp³-hybridized carbons (Fsp3) is 0.548. The van der Waals surface area contributed by atoms with Gasteiger partial charge in [0.1, 0.15) is 0 Å². The average molecular weight is 501 g/mol. The molecule has 6 heteroatoms. The summed E-state index contributed by atoms with van der Waals surface area (Å²) in [5.74, 6) is 0.609. The fourth-order valence-corrected chi connectivity index (χ4v) is 6.97. The van der Waals surface area contributed by atoms with Gasteiger partial charge in [0.25, 0.3) is 0 Å². The van der Waals surface area contributed by atoms with Crippen LogP contribution >= 0.6 is 0 Å². The zero-order valence-electron chi connectivity index (χ0n) is 21.9. The number of benzene rings is 2. The van der Waals surface area contributed by atoms with Crippen molar-refractivity contribution >= 4 is 17.5 Å². The first-order chi connectivity index (χ1) is 18.2. The zero-order chi connectivity index (χ0) is 25.2. The lowest BCUT2D eigenvalue weighted by atomic mass is 9.94. The van der Waals surface area contributed by atoms with Crippen molar-refractivity contribution in [1.82, 2.24) is 14.7 Å². The number of hydrogen-bond acceptors (Lipinski definition) is 4. The molecule has 4 aliphatic rings. The number of nitrogens with one attached hydrogen (secondary N) is 1. The van der Waals surface area contributed by atoms with Crippen LogP contribution in [-0.2, 0) is 22.7 Å². The van der Waals surface area contributed by atoms with E-state index in [0.29, 0.717) is 31.7 Å². The molecule has 1 saturated carbocycles. The number of carbonyl (C=O) groups excluding carboxylic acids is 2. The molecule has 0 radical (unpaired) electrons. The van der Waals surface area contributed by atoms with Gasteiger partial charge in [0, 0.05) is 63.0 Å². The molecule has 3 heterocycles. The lowest BCUT2D eigenvalue weighted by Crippen LogP contribution is -2.58. The Morgan fingerprint density at radius 3 is 2.24 bits per heavy atom. The number of fused-ring (bicyclic) bond motifs is 3. The Morgan fingerprint density at radius 2 is 1.43 bits per heavy atom. The van der Waals surface area contributed by atoms with Crippen LogP contribution < -0.4 is 5.32 Å². The molecule has 0 aromatic heterocycles. The van der Waals surface area contributed by atoms with Gasteiger partial charge in [0.05, 0.1) is 5.92 Å². The van der Waals surface area contributed by atoms with Crippen molar-refractivity contribution in [3.05, 3.63) is 65.7 Å². The minimum absolute atomic E-state index is 0.0737. The summed E-state index contributed by atoms with van der Waals surface area (Å²) in [4.78, 5) is 33.5. The minimum atomic E-state index is -0.0737. The van der Waals surface area contributed by atoms with Crippen LogP contribution in [-0.4, -0.2) is 64.8 Å². The third-order valence-corrected chi connectivity index (χ3v) is 9.14. The highest BCUT2D eigenvalue weighted by molar-refractivity contribution is 5.85. The second-order valence-corrected chi connectivity index (χ2v) is 11.6. The Hall–Kier alpha value is -2.86. The minimum Gasteiger partial charge on any atom is -0.385 e. The smallest absolute Gasteiger partial charge is 0.229 e. The lowest BCUT2D eigenvalue weighted by Gasteiger charge is -2.42. The van der Waals surface area contributed by atoms with Crippen molar-refractivity contribution in [2.75, 3.05) is 31.5 Å². The predicted octanol–water partition coefficient (Wildman–Crippen LogP) is 4.51. The molecule has 1 N–H and O–H groups in total. The van der Waals surface area contributed by atoms with Gasteiger partial charge in [0.2, 0.25) is 11.8 Å². The number of likely N-dealkylation sites (tertiary alicyclic amines) is 1. The average Bonchev–Trinajstić information content (AvgIpc) is 3.54. The molecule has 2 saturated heterocycles. The van der Waals surface area contributed by atoms with E-state index in [1.165, 1.54) is 17.5 Å². The molecule has 37 heavy (non-hydrogen) atoms. The normalized spacial score (nSPS) is 25.2. The Bertz CT molecular complexity index is 1090. The van der Waals surface area contributed by atoms with E-state index in [1.807, 2.05) is 4.90 Å². The van der Waals surface area contributed by atoms with Crippen LogP contribution in [0.4, 0.5) is 5.69 Å². The first-order valence-corrected chi connectivity index (χ1v) is 14.3. The number of anilines is 1. The molecular formula is C31H40N4O2. The Labute approximate surface area is 221 Å². The van der Waals surface area contributed by atoms with Crippen molar-refractivity contribution in [3.63, 3.8) is 0 Å². The molecule has 2 amide bonds. The number of carbonyl (C=O) groups is 2. The van der Waals surface area contributed by atoms with E-state index < -0.39 is 0 Å². The van der Waals surface area contributed by atoms with Gasteiger partial charge in [0.15, 0.2) is 0 Å². The molecular weight excluding hydrogens is 460 g/mol. The third-order valence-electron chi connectivity index (χ3n) is 9.14. The number of rotatable bonds is 4. The van der Waals surface area contributed by atoms with Crippen LogP contribution in [0.1, 0.15) is 56.1 Å². The number of para-hydroxylation sites is 1. The lowest BCUT2D eigenvalue weighted by molar-refractivity contribution is -0.151. The molecule has 6 nitrogen and oxygen atoms in total. The van der Waals surface area contributed by atoms with Gasteiger partial charge in [-0.15, -0.1) is 0 Å². The van der Waals surface area contributed by atoms with Crippen molar-refractivity contribution in [2.45, 2.75) is 70.1 Å². The van der Waals surface area contributed by atoms with Crippen molar-refractivity contribution in [3.8, 4) is 0 Å². The standard InChI is InChI=1S/C31H40N4O2/c36-30(24-10-4-5-11-24)33-20-26(21-33)31(37)34-19-25-12-6-7-13-29(25)32-17-16-27-14-15-28(22-34)35(27)18-23-8-2-1-3-9-23/h1-3,6-9,12-13,24,26-28,32H,4-5,10-11,14-22H2/t27-,28+/m0/s1. The number of nitrogens with zero attached hydrogens (tertiary/aromatic N) is 3. The largest absolute Gasteiger partial charge is 0.385 e. The quantitative estimate of drug-likeness (QED) is 0.671. The second-order valence-electron chi connectivity index (χ2n) is 11.6. The molecule has 2 aromatic carbocycles. The first kappa shape index (κ1) is 24.5. The maximum Gasteiger partial charge on any atom is 0.229 e. The van der Waals surface area contributed by atoms with Crippen LogP contribution in [0.2, 0.25) is 0 Å². The molecule has 2 bridgehead atoms. The summed E-state index contributed by atoms with van der Waals surface area (Å²) in [5, 5.41) is 3.68. The molecule has 2 atom stereocenters. The van der Waals surface area contributed by atoms with E-state index in [2.05, 4.69) is 69.7 Å². The number of hydrogen-bond donors (Lipinski definition) is 1. The summed E-state index contributed by atoms with van der Waals surface area (Å²) in [6.07, 6.45) is 7.77. The fourth-order valence-electron chi connectivity index (χ4n) is 6.97. The highest BCUT2D eigenvalue weighted by Gasteiger charge is 2.42. The van der Waals surface area contributed by atoms with Crippen molar-refractivity contribution in [1.29, 1.82) is 0 Å². The molecule has 0 unspecified atom stereocenters. The van der Waals surface area contributed by atoms with E-state index in [9.17, 15) is 9.59 Å². The van der Waals surface area contributed by atoms with E-state index in [0.717, 1.165) is 63.8 Å². The van der Waals surface area contributed by atoms with Crippen LogP contribution in [0.5, 0.6) is 0 Å². The van der Waals surface area contributed by atoms with Gasteiger partial charge in [-0.05, 0) is 49.3 Å². The summed E-state index contributed by atoms with van der Waals surface area (Å²) in [6.45, 7) is 4.42. The predicted molar refractivity (Wildman–Crippen MR) is 146 cm³/mol. The first-order valence-electron chi connectivity index (χ1n) is 14.3. The molecule has 6 rings (SSSR count). The highest BCUT2D eigenvalue weighted by atomic mass is 16.2. The molecule has 0 spiro atoms. The summed E-state index contributed by atoms with van der Waals surface area (Å²) in [6, 6.07) is 20.0. The SMILES string of the molecule is O=C(C1CCCC1)N1CC(C(=O)N2Cc3ccccc3NCC[C@@H]3CC[C@H](C2)N3Cc2ccccc2)C1. The second kappa shape index (κ2) is 10.9. The Kier molecular flexibility index (Phi) is 7.18. The molecule has 1 aliphatic carbocycles. The zero-order valence-corrected chi connectivity index (χ0v) is 21.9. The van der Waals surface area contributed by atoms with Crippen LogP contribution in [0.25, 0.3) is 0 Å². The van der Waals surface area contributed by atoms with Gasteiger partial charge in [-0.25, -0.2) is 0 Å². The topological polar surface area (TPSA) is 55.9 Å². The Morgan fingerprint density at radius 1 is 0.730 bits per heavy atom. The van der Waals surface area contributed by atoms with Crippen molar-refractivity contribution < 1.29 is 9.59 Å². The summed E-state index contributed by atoms with van der Waals surface area (Å²) < 4.78 is 0. The van der Waals surface area contributed by atoms with Gasteiger partial charge >= 0.3 is 0 Å². The van der Waals surface area contributed by atoms with Gasteiger partial charge in [-0.2, -0.15) is 0 Å². The van der Waals surface area contributed by atoms with Gasteiger partial charge in [-0.3, -0.25) is 14.5 Å².